The molecular formula is C18H17IO. The molecule has 0 radical (unpaired) electrons. The average molecular weight is 376 g/mol. The maximum Gasteiger partial charge on any atom is 0.167 e. The first kappa shape index (κ1) is 13.8. The third kappa shape index (κ3) is 2.53. The lowest BCUT2D eigenvalue weighted by Gasteiger charge is -2.24. The summed E-state index contributed by atoms with van der Waals surface area (Å²) in [4.78, 5) is 12.8. The highest BCUT2D eigenvalue weighted by atomic mass is 127. The molecule has 1 atom stereocenters. The number of aryl methyl sites for hydroxylation is 2. The van der Waals surface area contributed by atoms with Crippen LogP contribution in [0.4, 0.5) is 0 Å². The van der Waals surface area contributed by atoms with Crippen LogP contribution in [-0.4, -0.2) is 5.78 Å². The minimum absolute atomic E-state index is 0.139. The number of hydrogen-bond acceptors (Lipinski definition) is 1. The monoisotopic (exact) mass is 376 g/mol. The molecule has 0 aliphatic heterocycles. The summed E-state index contributed by atoms with van der Waals surface area (Å²) in [6.07, 6.45) is 2.88. The van der Waals surface area contributed by atoms with E-state index in [2.05, 4.69) is 59.8 Å². The number of Topliss-reactive ketones (excluding diaryl/α,β-unsaturated/α-hetero) is 1. The van der Waals surface area contributed by atoms with Crippen LogP contribution in [0.25, 0.3) is 0 Å². The lowest BCUT2D eigenvalue weighted by Crippen LogP contribution is -2.23. The molecule has 0 fully saturated rings. The second-order valence-electron chi connectivity index (χ2n) is 5.51. The maximum atomic E-state index is 12.8. The maximum absolute atomic E-state index is 12.8. The SMILES string of the molecule is Cc1cccc(C(=O)C2CCc3ccccc3C2)c1I. The van der Waals surface area contributed by atoms with E-state index in [1.165, 1.54) is 16.7 Å². The normalized spacial score (nSPS) is 17.6. The Hall–Kier alpha value is -1.16. The van der Waals surface area contributed by atoms with Crippen molar-refractivity contribution in [3.8, 4) is 0 Å². The quantitative estimate of drug-likeness (QED) is 0.554. The Balaban J connectivity index is 1.88. The van der Waals surface area contributed by atoms with Gasteiger partial charge in [0.2, 0.25) is 0 Å². The molecule has 3 rings (SSSR count). The van der Waals surface area contributed by atoms with Crippen LogP contribution < -0.4 is 0 Å². The van der Waals surface area contributed by atoms with E-state index in [4.69, 9.17) is 0 Å². The van der Waals surface area contributed by atoms with Crippen LogP contribution in [-0.2, 0) is 12.8 Å². The Bertz CT molecular complexity index is 660. The summed E-state index contributed by atoms with van der Waals surface area (Å²) < 4.78 is 1.11. The Labute approximate surface area is 133 Å². The fraction of sp³-hybridized carbons (Fsp3) is 0.278. The van der Waals surface area contributed by atoms with Gasteiger partial charge in [-0.1, -0.05) is 42.5 Å². The average Bonchev–Trinajstić information content (AvgIpc) is 2.49. The summed E-state index contributed by atoms with van der Waals surface area (Å²) in [7, 11) is 0. The highest BCUT2D eigenvalue weighted by Crippen LogP contribution is 2.29. The van der Waals surface area contributed by atoms with Crippen LogP contribution in [0.15, 0.2) is 42.5 Å². The molecule has 0 amide bonds. The third-order valence-electron chi connectivity index (χ3n) is 4.17. The smallest absolute Gasteiger partial charge is 0.167 e. The van der Waals surface area contributed by atoms with E-state index in [-0.39, 0.29) is 5.92 Å². The van der Waals surface area contributed by atoms with Crippen molar-refractivity contribution >= 4 is 28.4 Å². The van der Waals surface area contributed by atoms with Gasteiger partial charge in [-0.3, -0.25) is 4.79 Å². The van der Waals surface area contributed by atoms with E-state index >= 15 is 0 Å². The fourth-order valence-electron chi connectivity index (χ4n) is 2.98. The highest BCUT2D eigenvalue weighted by Gasteiger charge is 2.26. The van der Waals surface area contributed by atoms with Gasteiger partial charge in [0.15, 0.2) is 5.78 Å². The van der Waals surface area contributed by atoms with Gasteiger partial charge in [-0.25, -0.2) is 0 Å². The fourth-order valence-corrected chi connectivity index (χ4v) is 3.60. The molecule has 20 heavy (non-hydrogen) atoms. The lowest BCUT2D eigenvalue weighted by molar-refractivity contribution is 0.0907. The second-order valence-corrected chi connectivity index (χ2v) is 6.59. The van der Waals surface area contributed by atoms with Crippen LogP contribution in [0.3, 0.4) is 0 Å². The first-order chi connectivity index (χ1) is 9.66. The molecule has 0 N–H and O–H groups in total. The molecule has 1 aliphatic carbocycles. The van der Waals surface area contributed by atoms with E-state index in [1.54, 1.807) is 0 Å². The number of ketones is 1. The molecule has 1 nitrogen and oxygen atoms in total. The van der Waals surface area contributed by atoms with Gasteiger partial charge >= 0.3 is 0 Å². The molecule has 0 aromatic heterocycles. The van der Waals surface area contributed by atoms with Crippen LogP contribution in [0.2, 0.25) is 0 Å². The van der Waals surface area contributed by atoms with Crippen molar-refractivity contribution in [3.63, 3.8) is 0 Å². The van der Waals surface area contributed by atoms with Crippen LogP contribution in [0.1, 0.15) is 33.5 Å². The Morgan fingerprint density at radius 1 is 1.10 bits per heavy atom. The van der Waals surface area contributed by atoms with E-state index in [1.807, 2.05) is 12.1 Å². The van der Waals surface area contributed by atoms with Gasteiger partial charge in [0.1, 0.15) is 0 Å². The van der Waals surface area contributed by atoms with E-state index in [0.717, 1.165) is 28.4 Å². The largest absolute Gasteiger partial charge is 0.294 e. The topological polar surface area (TPSA) is 17.1 Å². The molecule has 0 heterocycles. The summed E-state index contributed by atoms with van der Waals surface area (Å²) in [6, 6.07) is 14.5. The molecule has 1 unspecified atom stereocenters. The van der Waals surface area contributed by atoms with Gasteiger partial charge in [-0.05, 0) is 65.5 Å². The number of halogens is 1. The zero-order valence-electron chi connectivity index (χ0n) is 11.5. The molecule has 2 aromatic rings. The van der Waals surface area contributed by atoms with Gasteiger partial charge in [0, 0.05) is 15.1 Å². The van der Waals surface area contributed by atoms with E-state index in [9.17, 15) is 4.79 Å². The van der Waals surface area contributed by atoms with Crippen LogP contribution >= 0.6 is 22.6 Å². The van der Waals surface area contributed by atoms with Crippen LogP contribution in [0.5, 0.6) is 0 Å². The molecule has 0 bridgehead atoms. The Kier molecular flexibility index (Phi) is 3.92. The van der Waals surface area contributed by atoms with Crippen molar-refractivity contribution in [2.75, 3.05) is 0 Å². The van der Waals surface area contributed by atoms with Crippen molar-refractivity contribution in [1.29, 1.82) is 0 Å². The van der Waals surface area contributed by atoms with Gasteiger partial charge in [0.25, 0.3) is 0 Å². The first-order valence-corrected chi connectivity index (χ1v) is 8.11. The highest BCUT2D eigenvalue weighted by molar-refractivity contribution is 14.1. The predicted molar refractivity (Wildman–Crippen MR) is 90.2 cm³/mol. The van der Waals surface area contributed by atoms with Crippen LogP contribution in [0, 0.1) is 16.4 Å². The van der Waals surface area contributed by atoms with E-state index < -0.39 is 0 Å². The molecule has 0 spiro atoms. The first-order valence-electron chi connectivity index (χ1n) is 7.03. The second kappa shape index (κ2) is 5.68. The van der Waals surface area contributed by atoms with Gasteiger partial charge < -0.3 is 0 Å². The minimum Gasteiger partial charge on any atom is -0.294 e. The summed E-state index contributed by atoms with van der Waals surface area (Å²) >= 11 is 2.30. The molecule has 0 saturated heterocycles. The van der Waals surface area contributed by atoms with Crippen molar-refractivity contribution in [2.45, 2.75) is 26.2 Å². The van der Waals surface area contributed by atoms with Crippen molar-refractivity contribution in [3.05, 3.63) is 68.3 Å². The van der Waals surface area contributed by atoms with Gasteiger partial charge in [0.05, 0.1) is 0 Å². The Morgan fingerprint density at radius 2 is 1.85 bits per heavy atom. The zero-order chi connectivity index (χ0) is 14.1. The number of fused-ring (bicyclic) bond motifs is 1. The molecule has 2 heteroatoms. The summed E-state index contributed by atoms with van der Waals surface area (Å²) in [5.74, 6) is 0.452. The minimum atomic E-state index is 0.139. The predicted octanol–water partition coefficient (Wildman–Crippen LogP) is 4.59. The summed E-state index contributed by atoms with van der Waals surface area (Å²) in [5.41, 5.74) is 4.85. The molecule has 0 saturated carbocycles. The third-order valence-corrected chi connectivity index (χ3v) is 5.61. The number of benzene rings is 2. The number of hydrogen-bond donors (Lipinski definition) is 0. The van der Waals surface area contributed by atoms with Crippen molar-refractivity contribution < 1.29 is 4.79 Å². The molecule has 1 aliphatic rings. The van der Waals surface area contributed by atoms with Crippen molar-refractivity contribution in [1.82, 2.24) is 0 Å². The van der Waals surface area contributed by atoms with Gasteiger partial charge in [-0.15, -0.1) is 0 Å². The molecule has 102 valence electrons. The van der Waals surface area contributed by atoms with Crippen molar-refractivity contribution in [2.24, 2.45) is 5.92 Å². The Morgan fingerprint density at radius 3 is 2.65 bits per heavy atom. The number of carbonyl (C=O) groups excluding carboxylic acids is 1. The standard InChI is InChI=1S/C18H17IO/c1-12-5-4-8-16(17(12)19)18(20)15-10-9-13-6-2-3-7-14(13)11-15/h2-8,15H,9-11H2,1H3. The van der Waals surface area contributed by atoms with Gasteiger partial charge in [-0.2, -0.15) is 0 Å². The summed E-state index contributed by atoms with van der Waals surface area (Å²) in [6.45, 7) is 2.06. The molecular weight excluding hydrogens is 359 g/mol. The number of carbonyl (C=O) groups is 1. The molecule has 2 aromatic carbocycles. The lowest BCUT2D eigenvalue weighted by atomic mass is 9.80. The van der Waals surface area contributed by atoms with E-state index in [0.29, 0.717) is 5.78 Å². The summed E-state index contributed by atoms with van der Waals surface area (Å²) in [5, 5.41) is 0. The zero-order valence-corrected chi connectivity index (χ0v) is 13.7. The number of rotatable bonds is 2.